The van der Waals surface area contributed by atoms with Gasteiger partial charge in [0, 0.05) is 0 Å². The van der Waals surface area contributed by atoms with Crippen LogP contribution in [-0.4, -0.2) is 60.7 Å². The summed E-state index contributed by atoms with van der Waals surface area (Å²) < 4.78 is 29.0. The zero-order valence-corrected chi connectivity index (χ0v) is 26.5. The predicted molar refractivity (Wildman–Crippen MR) is 141 cm³/mol. The van der Waals surface area contributed by atoms with Gasteiger partial charge in [-0.25, -0.2) is 4.57 Å². The molecule has 0 aliphatic carbocycles. The van der Waals surface area contributed by atoms with E-state index in [2.05, 4.69) is 22.9 Å². The van der Waals surface area contributed by atoms with E-state index in [9.17, 15) is 18.9 Å². The molecule has 0 fully saturated rings. The summed E-state index contributed by atoms with van der Waals surface area (Å²) in [6.07, 6.45) is 23.7. The van der Waals surface area contributed by atoms with Crippen molar-refractivity contribution in [2.24, 2.45) is 0 Å². The first-order valence-electron chi connectivity index (χ1n) is 13.5. The molecule has 0 aromatic rings. The quantitative estimate of drug-likeness (QED) is 0.0773. The van der Waals surface area contributed by atoms with E-state index in [-0.39, 0.29) is 51.0 Å². The molecule has 0 bridgehead atoms. The monoisotopic (exact) mass is 570 g/mol. The van der Waals surface area contributed by atoms with E-state index in [1.807, 2.05) is 0 Å². The fourth-order valence-electron chi connectivity index (χ4n) is 3.54. The van der Waals surface area contributed by atoms with Crippen molar-refractivity contribution in [2.45, 2.75) is 142 Å². The van der Waals surface area contributed by atoms with Gasteiger partial charge < -0.3 is 28.7 Å². The second-order valence-electron chi connectivity index (χ2n) is 8.97. The van der Waals surface area contributed by atoms with Gasteiger partial charge in [0.15, 0.2) is 0 Å². The predicted octanol–water partition coefficient (Wildman–Crippen LogP) is 6.39. The summed E-state index contributed by atoms with van der Waals surface area (Å²) in [6.45, 7) is 4.64. The average Bonchev–Trinajstić information content (AvgIpc) is 2.75. The standard InChI is InChI=1S/2C12H27O4P.Ca/c2*1-2-3-4-5-6-7-8-9-10-11-12-16-17(13,14)15;/h2*2-12H2,1H3,(H2,13,14,15);/q;;+2/p-2. The molecule has 0 aliphatic heterocycles. The summed E-state index contributed by atoms with van der Waals surface area (Å²) in [4.78, 5) is 37.2. The summed E-state index contributed by atoms with van der Waals surface area (Å²) in [5.41, 5.74) is 0. The van der Waals surface area contributed by atoms with Crippen LogP contribution in [-0.2, 0) is 18.2 Å². The molecule has 0 amide bonds. The van der Waals surface area contributed by atoms with Gasteiger partial charge >= 0.3 is 45.6 Å². The van der Waals surface area contributed by atoms with Crippen LogP contribution in [0.3, 0.4) is 0 Å². The molecule has 0 saturated heterocycles. The van der Waals surface area contributed by atoms with E-state index in [0.717, 1.165) is 32.1 Å². The van der Waals surface area contributed by atoms with Gasteiger partial charge in [-0.3, -0.25) is 4.52 Å². The first-order chi connectivity index (χ1) is 16.1. The van der Waals surface area contributed by atoms with Crippen LogP contribution in [0.1, 0.15) is 142 Å². The number of hydrogen-bond acceptors (Lipinski definition) is 6. The Hall–Kier alpha value is 1.48. The second-order valence-corrected chi connectivity index (χ2v) is 11.4. The molecule has 0 aromatic heterocycles. The fraction of sp³-hybridized carbons (Fsp3) is 1.00. The Bertz CT molecular complexity index is 456. The summed E-state index contributed by atoms with van der Waals surface area (Å²) >= 11 is 0. The average molecular weight is 571 g/mol. The Kier molecular flexibility index (Phi) is 35.1. The Morgan fingerprint density at radius 3 is 1.03 bits per heavy atom. The number of hydrogen-bond donors (Lipinski definition) is 2. The number of rotatable bonds is 24. The van der Waals surface area contributed by atoms with Gasteiger partial charge in [0.1, 0.15) is 0 Å². The molecule has 0 unspecified atom stereocenters. The minimum absolute atomic E-state index is 0. The minimum atomic E-state index is -4.74. The van der Waals surface area contributed by atoms with Crippen LogP contribution in [0.25, 0.3) is 0 Å². The third-order valence-electron chi connectivity index (χ3n) is 5.50. The van der Waals surface area contributed by atoms with Crippen LogP contribution in [0.2, 0.25) is 0 Å². The molecule has 0 heterocycles. The maximum atomic E-state index is 10.4. The Morgan fingerprint density at radius 2 is 0.771 bits per heavy atom. The van der Waals surface area contributed by atoms with Crippen LogP contribution in [0, 0.1) is 0 Å². The Labute approximate surface area is 245 Å². The first kappa shape index (κ1) is 41.0. The fourth-order valence-corrected chi connectivity index (χ4v) is 4.26. The molecule has 0 atom stereocenters. The van der Waals surface area contributed by atoms with Crippen molar-refractivity contribution in [3.05, 3.63) is 0 Å². The molecule has 35 heavy (non-hydrogen) atoms. The van der Waals surface area contributed by atoms with E-state index in [0.29, 0.717) is 6.42 Å². The second kappa shape index (κ2) is 30.0. The van der Waals surface area contributed by atoms with Gasteiger partial charge in [-0.1, -0.05) is 129 Å². The van der Waals surface area contributed by atoms with Crippen LogP contribution < -0.4 is 9.79 Å². The van der Waals surface area contributed by atoms with Crippen LogP contribution in [0.4, 0.5) is 0 Å². The molecule has 0 rings (SSSR count). The van der Waals surface area contributed by atoms with E-state index in [1.54, 1.807) is 0 Å². The minimum Gasteiger partial charge on any atom is -0.790 e. The maximum Gasteiger partial charge on any atom is 2.00 e. The van der Waals surface area contributed by atoms with E-state index >= 15 is 0 Å². The van der Waals surface area contributed by atoms with E-state index in [1.165, 1.54) is 89.9 Å². The van der Waals surface area contributed by atoms with Crippen molar-refractivity contribution < 1.29 is 37.8 Å². The molecule has 0 spiro atoms. The largest absolute Gasteiger partial charge is 2.00 e. The van der Waals surface area contributed by atoms with Gasteiger partial charge in [-0.15, -0.1) is 0 Å². The van der Waals surface area contributed by atoms with Gasteiger partial charge in [0.25, 0.3) is 0 Å². The molecule has 8 nitrogen and oxygen atoms in total. The maximum absolute atomic E-state index is 10.4. The molecule has 11 heteroatoms. The smallest absolute Gasteiger partial charge is 0.790 e. The number of unbranched alkanes of at least 4 members (excludes halogenated alkanes) is 18. The first-order valence-corrected chi connectivity index (χ1v) is 16.5. The molecule has 0 radical (unpaired) electrons. The SMILES string of the molecule is CCCCCCCCCCCCOP(=O)(O)O.CCCCCCCCCCCCOP(=O)([O-])[O-].[Ca+2]. The third kappa shape index (κ3) is 45.8. The summed E-state index contributed by atoms with van der Waals surface area (Å²) in [5.74, 6) is 0. The van der Waals surface area contributed by atoms with Crippen LogP contribution >= 0.6 is 15.6 Å². The van der Waals surface area contributed by atoms with Crippen molar-refractivity contribution in [1.82, 2.24) is 0 Å². The zero-order valence-electron chi connectivity index (χ0n) is 22.5. The molecule has 2 N–H and O–H groups in total. The van der Waals surface area contributed by atoms with Gasteiger partial charge in [0.05, 0.1) is 21.0 Å². The molecule has 0 saturated carbocycles. The van der Waals surface area contributed by atoms with E-state index < -0.39 is 15.6 Å². The zero-order chi connectivity index (χ0) is 26.0. The van der Waals surface area contributed by atoms with Crippen LogP contribution in [0.15, 0.2) is 0 Å². The van der Waals surface area contributed by atoms with Crippen molar-refractivity contribution in [2.75, 3.05) is 13.2 Å². The molecule has 0 aliphatic rings. The van der Waals surface area contributed by atoms with E-state index in [4.69, 9.17) is 9.79 Å². The number of phosphoric acid groups is 2. The van der Waals surface area contributed by atoms with Gasteiger partial charge in [-0.05, 0) is 12.8 Å². The van der Waals surface area contributed by atoms with Crippen LogP contribution in [0.5, 0.6) is 0 Å². The molecular formula is C24H52CaO8P2. The van der Waals surface area contributed by atoms with Crippen molar-refractivity contribution in [3.8, 4) is 0 Å². The van der Waals surface area contributed by atoms with Crippen molar-refractivity contribution >= 4 is 53.4 Å². The number of phosphoric ester groups is 2. The molecule has 208 valence electrons. The van der Waals surface area contributed by atoms with Gasteiger partial charge in [0.2, 0.25) is 0 Å². The molecule has 0 aromatic carbocycles. The van der Waals surface area contributed by atoms with Crippen molar-refractivity contribution in [1.29, 1.82) is 0 Å². The summed E-state index contributed by atoms with van der Waals surface area (Å²) in [7, 11) is -8.99. The summed E-state index contributed by atoms with van der Waals surface area (Å²) in [5, 5.41) is 0. The topological polar surface area (TPSA) is 139 Å². The Morgan fingerprint density at radius 1 is 0.514 bits per heavy atom. The van der Waals surface area contributed by atoms with Gasteiger partial charge in [-0.2, -0.15) is 0 Å². The third-order valence-corrected chi connectivity index (χ3v) is 6.52. The molecular weight excluding hydrogens is 518 g/mol. The Balaban J connectivity index is -0.000000569. The summed E-state index contributed by atoms with van der Waals surface area (Å²) in [6, 6.07) is 0. The normalized spacial score (nSPS) is 11.6. The van der Waals surface area contributed by atoms with Crippen molar-refractivity contribution in [3.63, 3.8) is 0 Å².